The maximum Gasteiger partial charge on any atom is 0.317 e. The van der Waals surface area contributed by atoms with Crippen LogP contribution in [0.2, 0.25) is 0 Å². The van der Waals surface area contributed by atoms with E-state index < -0.39 is 11.9 Å². The van der Waals surface area contributed by atoms with E-state index in [9.17, 15) is 9.59 Å². The summed E-state index contributed by atoms with van der Waals surface area (Å²) < 4.78 is 0. The number of hydrogen-bond acceptors (Lipinski definition) is 4. The van der Waals surface area contributed by atoms with Gasteiger partial charge in [0.05, 0.1) is 5.92 Å². The Morgan fingerprint density at radius 3 is 2.85 bits per heavy atom. The van der Waals surface area contributed by atoms with Gasteiger partial charge in [-0.25, -0.2) is 14.8 Å². The number of amides is 2. The van der Waals surface area contributed by atoms with Crippen molar-refractivity contribution in [3.05, 3.63) is 24.3 Å². The van der Waals surface area contributed by atoms with Crippen LogP contribution in [0.4, 0.5) is 4.79 Å². The predicted octanol–water partition coefficient (Wildman–Crippen LogP) is 0.525. The van der Waals surface area contributed by atoms with Crippen molar-refractivity contribution in [1.29, 1.82) is 0 Å². The van der Waals surface area contributed by atoms with E-state index in [4.69, 9.17) is 5.11 Å². The van der Waals surface area contributed by atoms with Crippen molar-refractivity contribution in [3.63, 3.8) is 0 Å². The molecule has 2 heterocycles. The molecule has 20 heavy (non-hydrogen) atoms. The van der Waals surface area contributed by atoms with Gasteiger partial charge in [-0.15, -0.1) is 0 Å². The van der Waals surface area contributed by atoms with Crippen LogP contribution < -0.4 is 5.32 Å². The highest BCUT2D eigenvalue weighted by Gasteiger charge is 2.27. The molecule has 7 nitrogen and oxygen atoms in total. The largest absolute Gasteiger partial charge is 0.481 e. The summed E-state index contributed by atoms with van der Waals surface area (Å²) in [6.07, 6.45) is 6.91. The molecule has 0 aromatic carbocycles. The van der Waals surface area contributed by atoms with Gasteiger partial charge in [0.25, 0.3) is 0 Å². The molecular formula is C13H18N4O3. The molecule has 0 bridgehead atoms. The standard InChI is InChI=1S/C13H18N4O3/c18-12(19)11-2-1-5-17(8-11)13(20)16-4-3-10-6-14-9-15-7-10/h6-7,9,11H,1-5,8H2,(H,16,20)(H,18,19)/t11-/m0/s1. The van der Waals surface area contributed by atoms with Crippen LogP contribution in [0.1, 0.15) is 18.4 Å². The molecule has 0 radical (unpaired) electrons. The van der Waals surface area contributed by atoms with Gasteiger partial charge in [0.2, 0.25) is 0 Å². The summed E-state index contributed by atoms with van der Waals surface area (Å²) in [6, 6.07) is -0.201. The average molecular weight is 278 g/mol. The van der Waals surface area contributed by atoms with E-state index >= 15 is 0 Å². The zero-order chi connectivity index (χ0) is 14.4. The highest BCUT2D eigenvalue weighted by atomic mass is 16.4. The smallest absolute Gasteiger partial charge is 0.317 e. The third kappa shape index (κ3) is 3.91. The van der Waals surface area contributed by atoms with Crippen LogP contribution in [-0.2, 0) is 11.2 Å². The van der Waals surface area contributed by atoms with Crippen molar-refractivity contribution in [2.75, 3.05) is 19.6 Å². The Kier molecular flexibility index (Phi) is 4.86. The molecular weight excluding hydrogens is 260 g/mol. The van der Waals surface area contributed by atoms with E-state index in [0.717, 1.165) is 12.0 Å². The van der Waals surface area contributed by atoms with Crippen molar-refractivity contribution in [2.45, 2.75) is 19.3 Å². The summed E-state index contributed by atoms with van der Waals surface area (Å²) in [4.78, 5) is 32.3. The van der Waals surface area contributed by atoms with Gasteiger partial charge < -0.3 is 15.3 Å². The minimum Gasteiger partial charge on any atom is -0.481 e. The van der Waals surface area contributed by atoms with Crippen LogP contribution in [0, 0.1) is 5.92 Å². The quantitative estimate of drug-likeness (QED) is 0.837. The number of nitrogens with zero attached hydrogens (tertiary/aromatic N) is 3. The summed E-state index contributed by atoms with van der Waals surface area (Å²) in [5.41, 5.74) is 0.954. The zero-order valence-electron chi connectivity index (χ0n) is 11.2. The molecule has 1 aromatic heterocycles. The Morgan fingerprint density at radius 1 is 1.40 bits per heavy atom. The SMILES string of the molecule is O=C(O)[C@H]1CCCN(C(=O)NCCc2cncnc2)C1. The topological polar surface area (TPSA) is 95.4 Å². The molecule has 0 unspecified atom stereocenters. The van der Waals surface area contributed by atoms with Gasteiger partial charge in [-0.2, -0.15) is 0 Å². The van der Waals surface area contributed by atoms with Crippen LogP contribution in [0.3, 0.4) is 0 Å². The van der Waals surface area contributed by atoms with E-state index in [1.807, 2.05) is 0 Å². The first-order valence-corrected chi connectivity index (χ1v) is 6.66. The lowest BCUT2D eigenvalue weighted by Crippen LogP contribution is -2.47. The molecule has 2 N–H and O–H groups in total. The number of piperidine rings is 1. The summed E-state index contributed by atoms with van der Waals surface area (Å²) in [5.74, 6) is -1.28. The zero-order valence-corrected chi connectivity index (χ0v) is 11.2. The van der Waals surface area contributed by atoms with Gasteiger partial charge >= 0.3 is 12.0 Å². The number of carboxylic acids is 1. The maximum absolute atomic E-state index is 11.9. The van der Waals surface area contributed by atoms with Crippen LogP contribution >= 0.6 is 0 Å². The third-order valence-electron chi connectivity index (χ3n) is 3.36. The average Bonchev–Trinajstić information content (AvgIpc) is 2.48. The fraction of sp³-hybridized carbons (Fsp3) is 0.538. The van der Waals surface area contributed by atoms with Crippen molar-refractivity contribution in [2.24, 2.45) is 5.92 Å². The van der Waals surface area contributed by atoms with Gasteiger partial charge in [0.15, 0.2) is 0 Å². The molecule has 0 saturated carbocycles. The number of aromatic nitrogens is 2. The lowest BCUT2D eigenvalue weighted by Gasteiger charge is -2.30. The highest BCUT2D eigenvalue weighted by Crippen LogP contribution is 2.16. The molecule has 2 amide bonds. The molecule has 1 fully saturated rings. The lowest BCUT2D eigenvalue weighted by molar-refractivity contribution is -0.143. The molecule has 1 atom stereocenters. The molecule has 7 heteroatoms. The Bertz CT molecular complexity index is 466. The number of carbonyl (C=O) groups is 2. The van der Waals surface area contributed by atoms with Crippen LogP contribution in [-0.4, -0.2) is 51.6 Å². The van der Waals surface area contributed by atoms with E-state index in [0.29, 0.717) is 25.9 Å². The van der Waals surface area contributed by atoms with Crippen LogP contribution in [0.5, 0.6) is 0 Å². The van der Waals surface area contributed by atoms with Crippen molar-refractivity contribution in [1.82, 2.24) is 20.2 Å². The van der Waals surface area contributed by atoms with Gasteiger partial charge in [-0.3, -0.25) is 4.79 Å². The van der Waals surface area contributed by atoms with Crippen molar-refractivity contribution >= 4 is 12.0 Å². The van der Waals surface area contributed by atoms with Crippen molar-refractivity contribution < 1.29 is 14.7 Å². The van der Waals surface area contributed by atoms with E-state index in [1.165, 1.54) is 6.33 Å². The van der Waals surface area contributed by atoms with E-state index in [2.05, 4.69) is 15.3 Å². The second-order valence-electron chi connectivity index (χ2n) is 4.85. The number of likely N-dealkylation sites (tertiary alicyclic amines) is 1. The maximum atomic E-state index is 11.9. The summed E-state index contributed by atoms with van der Waals surface area (Å²) in [6.45, 7) is 1.39. The first-order valence-electron chi connectivity index (χ1n) is 6.66. The third-order valence-corrected chi connectivity index (χ3v) is 3.36. The van der Waals surface area contributed by atoms with Gasteiger partial charge in [0, 0.05) is 32.0 Å². The van der Waals surface area contributed by atoms with Gasteiger partial charge in [-0.1, -0.05) is 0 Å². The number of urea groups is 1. The number of carbonyl (C=O) groups excluding carboxylic acids is 1. The highest BCUT2D eigenvalue weighted by molar-refractivity contribution is 5.76. The fourth-order valence-electron chi connectivity index (χ4n) is 2.25. The number of aliphatic carboxylic acids is 1. The number of carboxylic acid groups (broad SMARTS) is 1. The first-order chi connectivity index (χ1) is 9.66. The number of hydrogen-bond donors (Lipinski definition) is 2. The van der Waals surface area contributed by atoms with Crippen molar-refractivity contribution in [3.8, 4) is 0 Å². The number of rotatable bonds is 4. The minimum absolute atomic E-state index is 0.201. The Balaban J connectivity index is 1.75. The molecule has 1 aliphatic rings. The first kappa shape index (κ1) is 14.2. The number of nitrogens with one attached hydrogen (secondary N) is 1. The van der Waals surface area contributed by atoms with Gasteiger partial charge in [0.1, 0.15) is 6.33 Å². The normalized spacial score (nSPS) is 18.6. The predicted molar refractivity (Wildman–Crippen MR) is 71.1 cm³/mol. The fourth-order valence-corrected chi connectivity index (χ4v) is 2.25. The Hall–Kier alpha value is -2.18. The molecule has 2 rings (SSSR count). The van der Waals surface area contributed by atoms with E-state index in [-0.39, 0.29) is 12.6 Å². The molecule has 108 valence electrons. The summed E-state index contributed by atoms with van der Waals surface area (Å²) >= 11 is 0. The summed E-state index contributed by atoms with van der Waals surface area (Å²) in [5, 5.41) is 11.8. The molecule has 1 saturated heterocycles. The Morgan fingerprint density at radius 2 is 2.15 bits per heavy atom. The minimum atomic E-state index is -0.830. The van der Waals surface area contributed by atoms with Crippen LogP contribution in [0.25, 0.3) is 0 Å². The lowest BCUT2D eigenvalue weighted by atomic mass is 9.99. The molecule has 0 spiro atoms. The van der Waals surface area contributed by atoms with Gasteiger partial charge in [-0.05, 0) is 24.8 Å². The Labute approximate surface area is 117 Å². The second kappa shape index (κ2) is 6.83. The second-order valence-corrected chi connectivity index (χ2v) is 4.85. The summed E-state index contributed by atoms with van der Waals surface area (Å²) in [7, 11) is 0. The molecule has 0 aliphatic carbocycles. The molecule has 1 aromatic rings. The van der Waals surface area contributed by atoms with E-state index in [1.54, 1.807) is 17.3 Å². The van der Waals surface area contributed by atoms with Crippen LogP contribution in [0.15, 0.2) is 18.7 Å². The monoisotopic (exact) mass is 278 g/mol. The molecule has 1 aliphatic heterocycles.